The van der Waals surface area contributed by atoms with Crippen molar-refractivity contribution in [3.05, 3.63) is 103 Å². The molecular weight excluding hydrogens is 461 g/mol. The van der Waals surface area contributed by atoms with Gasteiger partial charge in [0.25, 0.3) is 0 Å². The van der Waals surface area contributed by atoms with E-state index in [2.05, 4.69) is 10.1 Å². The molecule has 9 heteroatoms. The van der Waals surface area contributed by atoms with E-state index >= 15 is 0 Å². The third kappa shape index (κ3) is 5.95. The maximum absolute atomic E-state index is 13.1. The van der Waals surface area contributed by atoms with Crippen molar-refractivity contribution in [3.63, 3.8) is 0 Å². The van der Waals surface area contributed by atoms with Crippen LogP contribution < -0.4 is 9.64 Å². The first-order valence-corrected chi connectivity index (χ1v) is 11.0. The van der Waals surface area contributed by atoms with Gasteiger partial charge in [-0.3, -0.25) is 5.41 Å². The molecule has 0 aliphatic rings. The van der Waals surface area contributed by atoms with Crippen molar-refractivity contribution in [2.75, 3.05) is 11.4 Å². The number of carboxylic acids is 1. The molecule has 36 heavy (non-hydrogen) atoms. The zero-order chi connectivity index (χ0) is 25.5. The number of ether oxygens (including phenoxy) is 1. The summed E-state index contributed by atoms with van der Waals surface area (Å²) < 4.78 is 18.9. The third-order valence-corrected chi connectivity index (χ3v) is 5.32. The molecule has 0 aliphatic heterocycles. The van der Waals surface area contributed by atoms with Gasteiger partial charge < -0.3 is 14.7 Å². The lowest BCUT2D eigenvalue weighted by atomic mass is 10.1. The van der Waals surface area contributed by atoms with E-state index in [1.54, 1.807) is 30.3 Å². The van der Waals surface area contributed by atoms with Crippen LogP contribution >= 0.6 is 0 Å². The van der Waals surface area contributed by atoms with Crippen LogP contribution in [0.3, 0.4) is 0 Å². The topological polar surface area (TPSA) is 123 Å². The van der Waals surface area contributed by atoms with E-state index in [0.29, 0.717) is 35.0 Å². The highest BCUT2D eigenvalue weighted by molar-refractivity contribution is 5.89. The Morgan fingerprint density at radius 2 is 1.58 bits per heavy atom. The van der Waals surface area contributed by atoms with Crippen LogP contribution in [-0.4, -0.2) is 28.4 Å². The van der Waals surface area contributed by atoms with E-state index in [4.69, 9.17) is 15.7 Å². The minimum atomic E-state index is -1.17. The van der Waals surface area contributed by atoms with Crippen molar-refractivity contribution in [3.8, 4) is 22.8 Å². The molecule has 0 fully saturated rings. The number of nitrogens with one attached hydrogen (secondary N) is 2. The number of nitrogens with zero attached hydrogens (tertiary/aromatic N) is 3. The SMILES string of the molecule is N=NC(=N)CCN(c1ccccc1)c1cc(C(=O)O)nc(-c2ccc(Oc3ccc(F)cc3)cc2)c1. The minimum absolute atomic E-state index is 0.0830. The average molecular weight is 484 g/mol. The molecule has 0 atom stereocenters. The lowest BCUT2D eigenvalue weighted by Gasteiger charge is -2.25. The standard InChI is InChI=1S/C27H22FN5O3/c28-19-8-12-23(13-9-19)36-22-10-6-18(7-11-22)24-16-21(17-25(31-24)27(34)35)33(15-14-26(29)32-30)20-4-2-1-3-5-20/h1-13,16-17,29-30H,14-15H2,(H,34,35). The number of para-hydroxylation sites is 1. The van der Waals surface area contributed by atoms with E-state index in [-0.39, 0.29) is 23.8 Å². The Bertz CT molecular complexity index is 1380. The number of hydrogen-bond acceptors (Lipinski definition) is 6. The van der Waals surface area contributed by atoms with Crippen LogP contribution in [0.15, 0.2) is 96.1 Å². The van der Waals surface area contributed by atoms with Gasteiger partial charge in [-0.25, -0.2) is 19.7 Å². The van der Waals surface area contributed by atoms with Crippen molar-refractivity contribution in [1.82, 2.24) is 4.98 Å². The fourth-order valence-electron chi connectivity index (χ4n) is 3.55. The maximum atomic E-state index is 13.1. The molecule has 4 rings (SSSR count). The third-order valence-electron chi connectivity index (χ3n) is 5.32. The summed E-state index contributed by atoms with van der Waals surface area (Å²) in [6, 6.07) is 25.3. The molecule has 1 heterocycles. The molecule has 0 amide bonds. The summed E-state index contributed by atoms with van der Waals surface area (Å²) in [6.07, 6.45) is 0.202. The lowest BCUT2D eigenvalue weighted by molar-refractivity contribution is 0.0690. The molecule has 0 unspecified atom stereocenters. The van der Waals surface area contributed by atoms with Gasteiger partial charge >= 0.3 is 5.97 Å². The Kier molecular flexibility index (Phi) is 7.40. The van der Waals surface area contributed by atoms with Crippen LogP contribution in [0.5, 0.6) is 11.5 Å². The number of amidine groups is 1. The molecular formula is C27H22FN5O3. The number of carboxylic acid groups (broad SMARTS) is 1. The molecule has 4 aromatic rings. The van der Waals surface area contributed by atoms with E-state index in [1.807, 2.05) is 35.2 Å². The number of halogens is 1. The highest BCUT2D eigenvalue weighted by atomic mass is 19.1. The van der Waals surface area contributed by atoms with E-state index < -0.39 is 5.97 Å². The quantitative estimate of drug-likeness (QED) is 0.136. The molecule has 180 valence electrons. The van der Waals surface area contributed by atoms with Gasteiger partial charge in [-0.05, 0) is 72.8 Å². The Hall–Kier alpha value is -4.92. The van der Waals surface area contributed by atoms with Crippen molar-refractivity contribution in [2.24, 2.45) is 5.11 Å². The highest BCUT2D eigenvalue weighted by Crippen LogP contribution is 2.31. The molecule has 0 bridgehead atoms. The lowest BCUT2D eigenvalue weighted by Crippen LogP contribution is -2.21. The summed E-state index contributed by atoms with van der Waals surface area (Å²) in [5.41, 5.74) is 9.43. The van der Waals surface area contributed by atoms with Gasteiger partial charge in [0.1, 0.15) is 23.2 Å². The smallest absolute Gasteiger partial charge is 0.354 e. The summed E-state index contributed by atoms with van der Waals surface area (Å²) in [5.74, 6) is -0.588. The second-order valence-corrected chi connectivity index (χ2v) is 7.78. The van der Waals surface area contributed by atoms with Gasteiger partial charge in [-0.2, -0.15) is 0 Å². The Morgan fingerprint density at radius 3 is 2.19 bits per heavy atom. The fraction of sp³-hybridized carbons (Fsp3) is 0.0741. The van der Waals surface area contributed by atoms with Crippen LogP contribution in [0.2, 0.25) is 0 Å². The molecule has 1 aromatic heterocycles. The summed E-state index contributed by atoms with van der Waals surface area (Å²) in [5, 5.41) is 20.6. The van der Waals surface area contributed by atoms with Crippen molar-refractivity contribution < 1.29 is 19.0 Å². The number of rotatable bonds is 9. The van der Waals surface area contributed by atoms with Gasteiger partial charge in [0.05, 0.1) is 5.69 Å². The monoisotopic (exact) mass is 483 g/mol. The summed E-state index contributed by atoms with van der Waals surface area (Å²) >= 11 is 0. The first-order chi connectivity index (χ1) is 17.4. The normalized spacial score (nSPS) is 10.5. The van der Waals surface area contributed by atoms with Crippen LogP contribution in [0.4, 0.5) is 15.8 Å². The second-order valence-electron chi connectivity index (χ2n) is 7.78. The molecule has 0 saturated carbocycles. The summed E-state index contributed by atoms with van der Waals surface area (Å²) in [4.78, 5) is 18.1. The molecule has 8 nitrogen and oxygen atoms in total. The number of hydrogen-bond donors (Lipinski definition) is 3. The average Bonchev–Trinajstić information content (AvgIpc) is 2.91. The number of carbonyl (C=O) groups is 1. The van der Waals surface area contributed by atoms with Crippen LogP contribution in [0.25, 0.3) is 11.3 Å². The van der Waals surface area contributed by atoms with Crippen LogP contribution in [0, 0.1) is 16.8 Å². The molecule has 0 radical (unpaired) electrons. The van der Waals surface area contributed by atoms with Crippen LogP contribution in [-0.2, 0) is 0 Å². The number of pyridine rings is 1. The zero-order valence-corrected chi connectivity index (χ0v) is 19.1. The fourth-order valence-corrected chi connectivity index (χ4v) is 3.55. The maximum Gasteiger partial charge on any atom is 0.354 e. The Balaban J connectivity index is 1.68. The van der Waals surface area contributed by atoms with Crippen molar-refractivity contribution in [1.29, 1.82) is 10.9 Å². The Morgan fingerprint density at radius 1 is 0.944 bits per heavy atom. The van der Waals surface area contributed by atoms with Gasteiger partial charge in [0.15, 0.2) is 5.69 Å². The second kappa shape index (κ2) is 11.0. The van der Waals surface area contributed by atoms with E-state index in [1.165, 1.54) is 30.3 Å². The molecule has 3 aromatic carbocycles. The summed E-state index contributed by atoms with van der Waals surface area (Å²) in [7, 11) is 0. The highest BCUT2D eigenvalue weighted by Gasteiger charge is 2.17. The first-order valence-electron chi connectivity index (χ1n) is 11.0. The van der Waals surface area contributed by atoms with Gasteiger partial charge in [-0.15, -0.1) is 5.11 Å². The Labute approximate surface area is 206 Å². The summed E-state index contributed by atoms with van der Waals surface area (Å²) in [6.45, 7) is 0.318. The van der Waals surface area contributed by atoms with Crippen LogP contribution in [0.1, 0.15) is 16.9 Å². The minimum Gasteiger partial charge on any atom is -0.477 e. The predicted molar refractivity (Wildman–Crippen MR) is 134 cm³/mol. The molecule has 0 spiro atoms. The largest absolute Gasteiger partial charge is 0.477 e. The van der Waals surface area contributed by atoms with Crippen molar-refractivity contribution in [2.45, 2.75) is 6.42 Å². The number of aromatic nitrogens is 1. The number of anilines is 2. The molecule has 0 aliphatic carbocycles. The van der Waals surface area contributed by atoms with Gasteiger partial charge in [-0.1, -0.05) is 18.2 Å². The molecule has 3 N–H and O–H groups in total. The van der Waals surface area contributed by atoms with Gasteiger partial charge in [0, 0.05) is 29.9 Å². The first kappa shape index (κ1) is 24.2. The number of benzene rings is 3. The van der Waals surface area contributed by atoms with Crippen molar-refractivity contribution >= 4 is 23.2 Å². The zero-order valence-electron chi connectivity index (χ0n) is 19.1. The predicted octanol–water partition coefficient (Wildman–Crippen LogP) is 6.91. The van der Waals surface area contributed by atoms with Gasteiger partial charge in [0.2, 0.25) is 0 Å². The molecule has 0 saturated heterocycles. The number of aromatic carboxylic acids is 1. The van der Waals surface area contributed by atoms with E-state index in [0.717, 1.165) is 5.69 Å². The van der Waals surface area contributed by atoms with E-state index in [9.17, 15) is 14.3 Å².